The van der Waals surface area contributed by atoms with E-state index in [1.165, 1.54) is 13.8 Å². The first-order valence-electron chi connectivity index (χ1n) is 8.73. The van der Waals surface area contributed by atoms with Crippen LogP contribution in [-0.2, 0) is 20.9 Å². The zero-order valence-electron chi connectivity index (χ0n) is 16.1. The van der Waals surface area contributed by atoms with Gasteiger partial charge in [0.25, 0.3) is 5.91 Å². The van der Waals surface area contributed by atoms with Crippen LogP contribution in [0.1, 0.15) is 29.8 Å². The van der Waals surface area contributed by atoms with Crippen molar-refractivity contribution >= 4 is 17.7 Å². The minimum atomic E-state index is -0.967. The van der Waals surface area contributed by atoms with Crippen molar-refractivity contribution in [2.75, 3.05) is 13.7 Å². The molecule has 1 atom stereocenters. The van der Waals surface area contributed by atoms with Crippen LogP contribution < -0.4 is 14.8 Å². The number of hydrogen-bond donors (Lipinski definition) is 1. The summed E-state index contributed by atoms with van der Waals surface area (Å²) in [5, 5.41) is 2.70. The van der Waals surface area contributed by atoms with Gasteiger partial charge in [-0.15, -0.1) is 0 Å². The summed E-state index contributed by atoms with van der Waals surface area (Å²) >= 11 is 0. The molecule has 0 aliphatic heterocycles. The minimum absolute atomic E-state index is 0.0566. The van der Waals surface area contributed by atoms with Crippen molar-refractivity contribution in [3.8, 4) is 11.5 Å². The minimum Gasteiger partial charge on any atom is -0.496 e. The first-order chi connectivity index (χ1) is 13.4. The van der Waals surface area contributed by atoms with E-state index in [2.05, 4.69) is 5.32 Å². The highest BCUT2D eigenvalue weighted by molar-refractivity contribution is 5.94. The van der Waals surface area contributed by atoms with Crippen LogP contribution in [0.5, 0.6) is 11.5 Å². The molecule has 0 fully saturated rings. The van der Waals surface area contributed by atoms with Gasteiger partial charge in [0.2, 0.25) is 0 Å². The van der Waals surface area contributed by atoms with Crippen molar-refractivity contribution in [3.63, 3.8) is 0 Å². The number of para-hydroxylation sites is 1. The van der Waals surface area contributed by atoms with Gasteiger partial charge < -0.3 is 19.5 Å². The van der Waals surface area contributed by atoms with E-state index in [9.17, 15) is 14.4 Å². The van der Waals surface area contributed by atoms with E-state index >= 15 is 0 Å². The lowest BCUT2D eigenvalue weighted by Crippen LogP contribution is -2.36. The number of ether oxygens (including phenoxy) is 3. The van der Waals surface area contributed by atoms with Gasteiger partial charge >= 0.3 is 5.97 Å². The zero-order chi connectivity index (χ0) is 20.5. The summed E-state index contributed by atoms with van der Waals surface area (Å²) in [5.74, 6) is -0.0635. The molecule has 1 N–H and O–H groups in total. The van der Waals surface area contributed by atoms with E-state index < -0.39 is 18.0 Å². The van der Waals surface area contributed by atoms with E-state index in [0.717, 1.165) is 5.56 Å². The molecule has 1 unspecified atom stereocenters. The van der Waals surface area contributed by atoms with E-state index in [1.807, 2.05) is 18.2 Å². The molecule has 0 saturated heterocycles. The molecular weight excluding hydrogens is 362 g/mol. The number of hydrogen-bond acceptors (Lipinski definition) is 6. The zero-order valence-corrected chi connectivity index (χ0v) is 16.1. The Morgan fingerprint density at radius 3 is 2.36 bits per heavy atom. The van der Waals surface area contributed by atoms with Crippen molar-refractivity contribution in [1.82, 2.24) is 5.32 Å². The molecule has 0 bridgehead atoms. The third-order valence-electron chi connectivity index (χ3n) is 3.94. The molecule has 0 aromatic heterocycles. The molecule has 0 radical (unpaired) electrons. The van der Waals surface area contributed by atoms with Crippen LogP contribution in [0.4, 0.5) is 0 Å². The predicted molar refractivity (Wildman–Crippen MR) is 102 cm³/mol. The van der Waals surface area contributed by atoms with Gasteiger partial charge in [-0.2, -0.15) is 0 Å². The van der Waals surface area contributed by atoms with Gasteiger partial charge in [0.05, 0.1) is 7.11 Å². The fraction of sp³-hybridized carbons (Fsp3) is 0.286. The number of rotatable bonds is 9. The summed E-state index contributed by atoms with van der Waals surface area (Å²) in [6.07, 6.45) is -0.967. The molecule has 28 heavy (non-hydrogen) atoms. The Morgan fingerprint density at radius 1 is 1.04 bits per heavy atom. The van der Waals surface area contributed by atoms with Crippen molar-refractivity contribution in [2.45, 2.75) is 26.5 Å². The maximum Gasteiger partial charge on any atom is 0.344 e. The fourth-order valence-electron chi connectivity index (χ4n) is 2.39. The number of carbonyl (C=O) groups is 3. The van der Waals surface area contributed by atoms with Gasteiger partial charge in [-0.1, -0.05) is 18.2 Å². The SMILES string of the molecule is COc1ccccc1CNC(=O)C(C)OC(=O)COc1ccc(C(C)=O)cc1. The number of amides is 1. The number of carbonyl (C=O) groups excluding carboxylic acids is 3. The van der Waals surface area contributed by atoms with Gasteiger partial charge in [-0.05, 0) is 44.2 Å². The Bertz CT molecular complexity index is 831. The lowest BCUT2D eigenvalue weighted by Gasteiger charge is -2.15. The Kier molecular flexibility index (Phi) is 7.56. The Morgan fingerprint density at radius 2 is 1.71 bits per heavy atom. The maximum absolute atomic E-state index is 12.1. The molecule has 0 aliphatic carbocycles. The van der Waals surface area contributed by atoms with Crippen molar-refractivity contribution < 1.29 is 28.6 Å². The van der Waals surface area contributed by atoms with Gasteiger partial charge in [-0.3, -0.25) is 9.59 Å². The average Bonchev–Trinajstić information content (AvgIpc) is 2.70. The smallest absolute Gasteiger partial charge is 0.344 e. The third-order valence-corrected chi connectivity index (χ3v) is 3.94. The van der Waals surface area contributed by atoms with Crippen LogP contribution in [0, 0.1) is 0 Å². The third kappa shape index (κ3) is 6.12. The standard InChI is InChI=1S/C21H23NO6/c1-14(23)16-8-10-18(11-9-16)27-13-20(24)28-15(2)21(25)22-12-17-6-4-5-7-19(17)26-3/h4-11,15H,12-13H2,1-3H3,(H,22,25). The number of methoxy groups -OCH3 is 1. The Balaban J connectivity index is 1.77. The molecule has 1 amide bonds. The van der Waals surface area contributed by atoms with Crippen LogP contribution in [0.2, 0.25) is 0 Å². The van der Waals surface area contributed by atoms with E-state index in [4.69, 9.17) is 14.2 Å². The molecule has 7 heteroatoms. The quantitative estimate of drug-likeness (QED) is 0.527. The van der Waals surface area contributed by atoms with Gasteiger partial charge in [-0.25, -0.2) is 4.79 Å². The molecule has 2 rings (SSSR count). The maximum atomic E-state index is 12.1. The van der Waals surface area contributed by atoms with Crippen LogP contribution in [0.15, 0.2) is 48.5 Å². The summed E-state index contributed by atoms with van der Waals surface area (Å²) < 4.78 is 15.6. The number of Topliss-reactive ketones (excluding diaryl/α,β-unsaturated/α-hetero) is 1. The largest absolute Gasteiger partial charge is 0.496 e. The second kappa shape index (κ2) is 10.1. The number of esters is 1. The highest BCUT2D eigenvalue weighted by Crippen LogP contribution is 2.17. The van der Waals surface area contributed by atoms with Crippen LogP contribution in [0.25, 0.3) is 0 Å². The summed E-state index contributed by atoms with van der Waals surface area (Å²) in [5.41, 5.74) is 1.37. The summed E-state index contributed by atoms with van der Waals surface area (Å²) in [4.78, 5) is 35.2. The molecule has 2 aromatic rings. The normalized spacial score (nSPS) is 11.2. The Hall–Kier alpha value is -3.35. The summed E-state index contributed by atoms with van der Waals surface area (Å²) in [7, 11) is 1.55. The second-order valence-electron chi connectivity index (χ2n) is 6.03. The van der Waals surface area contributed by atoms with Crippen molar-refractivity contribution in [3.05, 3.63) is 59.7 Å². The second-order valence-corrected chi connectivity index (χ2v) is 6.03. The monoisotopic (exact) mass is 385 g/mol. The summed E-state index contributed by atoms with van der Waals surface area (Å²) in [6, 6.07) is 13.7. The molecular formula is C21H23NO6. The fourth-order valence-corrected chi connectivity index (χ4v) is 2.39. The highest BCUT2D eigenvalue weighted by atomic mass is 16.6. The average molecular weight is 385 g/mol. The lowest BCUT2D eigenvalue weighted by atomic mass is 10.1. The number of nitrogens with one attached hydrogen (secondary N) is 1. The summed E-state index contributed by atoms with van der Waals surface area (Å²) in [6.45, 7) is 2.86. The van der Waals surface area contributed by atoms with Crippen LogP contribution in [0.3, 0.4) is 0 Å². The van der Waals surface area contributed by atoms with E-state index in [1.54, 1.807) is 37.4 Å². The van der Waals surface area contributed by atoms with Crippen molar-refractivity contribution in [1.29, 1.82) is 0 Å². The van der Waals surface area contributed by atoms with Gasteiger partial charge in [0.15, 0.2) is 18.5 Å². The molecule has 7 nitrogen and oxygen atoms in total. The predicted octanol–water partition coefficient (Wildman–Crippen LogP) is 2.52. The van der Waals surface area contributed by atoms with Gasteiger partial charge in [0, 0.05) is 17.7 Å². The van der Waals surface area contributed by atoms with E-state index in [0.29, 0.717) is 17.1 Å². The van der Waals surface area contributed by atoms with Gasteiger partial charge in [0.1, 0.15) is 11.5 Å². The molecule has 0 heterocycles. The Labute approximate surface area is 163 Å². The first kappa shape index (κ1) is 21.0. The molecule has 0 spiro atoms. The van der Waals surface area contributed by atoms with E-state index in [-0.39, 0.29) is 18.9 Å². The number of ketones is 1. The highest BCUT2D eigenvalue weighted by Gasteiger charge is 2.18. The number of benzene rings is 2. The first-order valence-corrected chi connectivity index (χ1v) is 8.73. The van der Waals surface area contributed by atoms with Crippen molar-refractivity contribution in [2.24, 2.45) is 0 Å². The lowest BCUT2D eigenvalue weighted by molar-refractivity contribution is -0.156. The molecule has 0 aliphatic rings. The van der Waals surface area contributed by atoms with Crippen LogP contribution >= 0.6 is 0 Å². The molecule has 2 aromatic carbocycles. The molecule has 0 saturated carbocycles. The van der Waals surface area contributed by atoms with Crippen LogP contribution in [-0.4, -0.2) is 37.5 Å². The topological polar surface area (TPSA) is 90.9 Å². The molecule has 148 valence electrons.